The lowest BCUT2D eigenvalue weighted by Gasteiger charge is -2.43. The van der Waals surface area contributed by atoms with E-state index in [4.69, 9.17) is 0 Å². The van der Waals surface area contributed by atoms with Gasteiger partial charge in [0.05, 0.1) is 0 Å². The summed E-state index contributed by atoms with van der Waals surface area (Å²) in [4.78, 5) is 0. The molecule has 0 saturated heterocycles. The minimum atomic E-state index is -3.41. The molecule has 6 nitrogen and oxygen atoms in total. The van der Waals surface area contributed by atoms with E-state index in [1.165, 1.54) is 148 Å². The fourth-order valence-electron chi connectivity index (χ4n) is 6.54. The zero-order valence-electron chi connectivity index (χ0n) is 27.5. The Labute approximate surface area is 259 Å². The topological polar surface area (TPSA) is 121 Å². The van der Waals surface area contributed by atoms with Gasteiger partial charge in [-0.15, -0.1) is 0 Å². The number of hydrogen-bond donors (Lipinski definition) is 6. The third kappa shape index (κ3) is 19.2. The van der Waals surface area contributed by atoms with E-state index in [1.807, 2.05) is 0 Å². The van der Waals surface area contributed by atoms with Crippen LogP contribution in [0.5, 0.6) is 0 Å². The van der Waals surface area contributed by atoms with Crippen LogP contribution in [0, 0.1) is 0 Å². The Morgan fingerprint density at radius 3 is 0.452 bits per heavy atom. The summed E-state index contributed by atoms with van der Waals surface area (Å²) in [6.45, 7) is 0. The summed E-state index contributed by atoms with van der Waals surface area (Å²) in [7, 11) is 0. The molecule has 42 heavy (non-hydrogen) atoms. The minimum Gasteiger partial charge on any atom is -0.361 e. The van der Waals surface area contributed by atoms with Gasteiger partial charge < -0.3 is 30.6 Å². The Bertz CT molecular complexity index is 543. The van der Waals surface area contributed by atoms with Crippen LogP contribution >= 0.6 is 0 Å². The van der Waals surface area contributed by atoms with E-state index in [0.717, 1.165) is 38.5 Å². The standard InChI is InChI=1S/C36H72O6/c37-34(38)32-30-28-26-24-22-20-18-16-14-12-10-8-6-4-2-1-3-5-7-9-11-13-15-17-19-21-23-25-27-29-31-33-35(39,40)36(34,41)42/h37-42H,1-33H2. The summed E-state index contributed by atoms with van der Waals surface area (Å²) in [5.41, 5.74) is 0. The monoisotopic (exact) mass is 601 g/mol. The van der Waals surface area contributed by atoms with Crippen LogP contribution in [0.15, 0.2) is 0 Å². The molecule has 0 aromatic rings. The van der Waals surface area contributed by atoms with E-state index in [0.29, 0.717) is 12.8 Å². The highest BCUT2D eigenvalue weighted by Crippen LogP contribution is 2.35. The Balaban J connectivity index is 2.34. The highest BCUT2D eigenvalue weighted by atomic mass is 16.7. The summed E-state index contributed by atoms with van der Waals surface area (Å²) in [5, 5.41) is 62.0. The average Bonchev–Trinajstić information content (AvgIpc) is 2.94. The molecule has 252 valence electrons. The average molecular weight is 601 g/mol. The minimum absolute atomic E-state index is 0.317. The van der Waals surface area contributed by atoms with Gasteiger partial charge in [0.15, 0.2) is 0 Å². The van der Waals surface area contributed by atoms with Crippen molar-refractivity contribution in [2.75, 3.05) is 0 Å². The van der Waals surface area contributed by atoms with E-state index < -0.39 is 17.4 Å². The van der Waals surface area contributed by atoms with Crippen molar-refractivity contribution in [1.82, 2.24) is 0 Å². The predicted octanol–water partition coefficient (Wildman–Crippen LogP) is 8.92. The molecule has 0 aromatic carbocycles. The van der Waals surface area contributed by atoms with Crippen molar-refractivity contribution in [3.63, 3.8) is 0 Å². The Hall–Kier alpha value is -0.240. The molecule has 0 heterocycles. The van der Waals surface area contributed by atoms with Gasteiger partial charge >= 0.3 is 0 Å². The van der Waals surface area contributed by atoms with Crippen LogP contribution in [0.1, 0.15) is 212 Å². The summed E-state index contributed by atoms with van der Waals surface area (Å²) < 4.78 is 0. The summed E-state index contributed by atoms with van der Waals surface area (Å²) in [6, 6.07) is 0. The van der Waals surface area contributed by atoms with Crippen LogP contribution in [0.25, 0.3) is 0 Å². The molecule has 1 fully saturated rings. The normalized spacial score (nSPS) is 26.1. The zero-order valence-corrected chi connectivity index (χ0v) is 27.5. The molecule has 1 aliphatic carbocycles. The van der Waals surface area contributed by atoms with E-state index in [-0.39, 0.29) is 12.8 Å². The Morgan fingerprint density at radius 2 is 0.310 bits per heavy atom. The lowest BCUT2D eigenvalue weighted by Crippen LogP contribution is -2.68. The summed E-state index contributed by atoms with van der Waals surface area (Å²) >= 11 is 0. The maximum absolute atomic E-state index is 10.3. The molecule has 6 heteroatoms. The molecular formula is C36H72O6. The maximum Gasteiger partial charge on any atom is 0.274 e. The van der Waals surface area contributed by atoms with E-state index in [1.54, 1.807) is 0 Å². The second kappa shape index (κ2) is 25.0. The first-order valence-electron chi connectivity index (χ1n) is 18.5. The van der Waals surface area contributed by atoms with Crippen LogP contribution in [0.4, 0.5) is 0 Å². The van der Waals surface area contributed by atoms with Crippen molar-refractivity contribution in [2.24, 2.45) is 0 Å². The van der Waals surface area contributed by atoms with Gasteiger partial charge in [0, 0.05) is 12.8 Å². The molecule has 0 atom stereocenters. The zero-order chi connectivity index (χ0) is 30.8. The molecule has 1 saturated carbocycles. The van der Waals surface area contributed by atoms with Gasteiger partial charge in [-0.1, -0.05) is 186 Å². The first-order chi connectivity index (χ1) is 20.2. The van der Waals surface area contributed by atoms with Crippen molar-refractivity contribution in [1.29, 1.82) is 0 Å². The second-order valence-electron chi connectivity index (χ2n) is 13.8. The van der Waals surface area contributed by atoms with Crippen LogP contribution in [0.3, 0.4) is 0 Å². The quantitative estimate of drug-likeness (QED) is 0.154. The molecule has 0 radical (unpaired) electrons. The third-order valence-corrected chi connectivity index (χ3v) is 9.67. The van der Waals surface area contributed by atoms with Crippen LogP contribution < -0.4 is 0 Å². The number of rotatable bonds is 0. The van der Waals surface area contributed by atoms with Crippen molar-refractivity contribution in [2.45, 2.75) is 229 Å². The molecule has 0 unspecified atom stereocenters. The maximum atomic E-state index is 10.3. The number of aliphatic hydroxyl groups is 6. The van der Waals surface area contributed by atoms with Gasteiger partial charge in [-0.3, -0.25) is 0 Å². The van der Waals surface area contributed by atoms with Gasteiger partial charge in [0.2, 0.25) is 11.6 Å². The first-order valence-corrected chi connectivity index (χ1v) is 18.5. The van der Waals surface area contributed by atoms with E-state index >= 15 is 0 Å². The second-order valence-corrected chi connectivity index (χ2v) is 13.8. The Kier molecular flexibility index (Phi) is 23.7. The SMILES string of the molecule is OC1(O)CCCCCCCCCCCCCCCCCCCCCCCCCCCCCCCCCC(O)(O)C1(O)O. The van der Waals surface area contributed by atoms with Crippen molar-refractivity contribution in [3.05, 3.63) is 0 Å². The third-order valence-electron chi connectivity index (χ3n) is 9.67. The molecule has 0 spiro atoms. The molecule has 0 aliphatic heterocycles. The lowest BCUT2D eigenvalue weighted by molar-refractivity contribution is -0.454. The molecular weight excluding hydrogens is 528 g/mol. The van der Waals surface area contributed by atoms with Crippen LogP contribution in [0.2, 0.25) is 0 Å². The largest absolute Gasteiger partial charge is 0.361 e. The van der Waals surface area contributed by atoms with Crippen molar-refractivity contribution in [3.8, 4) is 0 Å². The molecule has 0 amide bonds. The van der Waals surface area contributed by atoms with Crippen LogP contribution in [-0.2, 0) is 0 Å². The van der Waals surface area contributed by atoms with Crippen molar-refractivity contribution < 1.29 is 30.6 Å². The number of hydrogen-bond acceptors (Lipinski definition) is 6. The summed E-state index contributed by atoms with van der Waals surface area (Å²) in [6.07, 6.45) is 36.6. The smallest absolute Gasteiger partial charge is 0.274 e. The van der Waals surface area contributed by atoms with Crippen molar-refractivity contribution >= 4 is 0 Å². The Morgan fingerprint density at radius 1 is 0.190 bits per heavy atom. The molecule has 6 N–H and O–H groups in total. The molecule has 1 rings (SSSR count). The van der Waals surface area contributed by atoms with Gasteiger partial charge in [-0.2, -0.15) is 0 Å². The van der Waals surface area contributed by atoms with E-state index in [9.17, 15) is 30.6 Å². The fourth-order valence-corrected chi connectivity index (χ4v) is 6.54. The lowest BCUT2D eigenvalue weighted by atomic mass is 9.88. The van der Waals surface area contributed by atoms with Gasteiger partial charge in [-0.05, 0) is 12.8 Å². The first kappa shape index (κ1) is 39.8. The highest BCUT2D eigenvalue weighted by Gasteiger charge is 2.60. The fraction of sp³-hybridized carbons (Fsp3) is 1.00. The van der Waals surface area contributed by atoms with Gasteiger partial charge in [0.1, 0.15) is 0 Å². The predicted molar refractivity (Wildman–Crippen MR) is 174 cm³/mol. The summed E-state index contributed by atoms with van der Waals surface area (Å²) in [5.74, 6) is -9.37. The molecule has 1 aliphatic rings. The highest BCUT2D eigenvalue weighted by molar-refractivity contribution is 4.93. The van der Waals surface area contributed by atoms with Crippen LogP contribution in [-0.4, -0.2) is 48.0 Å². The van der Waals surface area contributed by atoms with E-state index in [2.05, 4.69) is 0 Å². The molecule has 0 aromatic heterocycles. The molecule has 0 bridgehead atoms. The van der Waals surface area contributed by atoms with Gasteiger partial charge in [-0.25, -0.2) is 0 Å². The van der Waals surface area contributed by atoms with Gasteiger partial charge in [0.25, 0.3) is 5.79 Å².